The Morgan fingerprint density at radius 3 is 2.29 bits per heavy atom. The molecule has 1 amide bonds. The molecule has 0 spiro atoms. The maximum Gasteiger partial charge on any atom is 0.289 e. The van der Waals surface area contributed by atoms with Gasteiger partial charge >= 0.3 is 0 Å². The van der Waals surface area contributed by atoms with Crippen molar-refractivity contribution in [3.63, 3.8) is 0 Å². The van der Waals surface area contributed by atoms with Gasteiger partial charge in [-0.15, -0.1) is 0 Å². The normalized spacial score (nSPS) is 15.1. The predicted molar refractivity (Wildman–Crippen MR) is 112 cm³/mol. The molecule has 3 aromatic rings. The highest BCUT2D eigenvalue weighted by Gasteiger charge is 2.31. The van der Waals surface area contributed by atoms with Crippen molar-refractivity contribution in [2.75, 3.05) is 33.3 Å². The van der Waals surface area contributed by atoms with E-state index in [0.29, 0.717) is 5.75 Å². The number of rotatable bonds is 5. The molecule has 2 heterocycles. The molecule has 0 radical (unpaired) electrons. The van der Waals surface area contributed by atoms with Crippen molar-refractivity contribution in [3.8, 4) is 17.1 Å². The number of ether oxygens (including phenoxy) is 1. The van der Waals surface area contributed by atoms with Crippen molar-refractivity contribution < 1.29 is 26.8 Å². The van der Waals surface area contributed by atoms with E-state index in [1.807, 2.05) is 0 Å². The maximum atomic E-state index is 14.0. The second-order valence-electron chi connectivity index (χ2n) is 7.02. The number of piperazine rings is 1. The first-order valence-electron chi connectivity index (χ1n) is 9.68. The third kappa shape index (κ3) is 4.19. The van der Waals surface area contributed by atoms with Gasteiger partial charge in [-0.05, 0) is 48.5 Å². The van der Waals surface area contributed by atoms with E-state index in [0.717, 1.165) is 0 Å². The standard InChI is InChI=1S/C22H21FN2O5S/c1-29-16-6-8-17(9-7-16)31(27,28)25-14-12-24(13-15-25)22(26)21-11-10-20(30-21)18-4-2-3-5-19(18)23/h2-11H,12-15H2,1H3. The first-order valence-corrected chi connectivity index (χ1v) is 11.1. The van der Waals surface area contributed by atoms with E-state index in [-0.39, 0.29) is 54.1 Å². The fourth-order valence-electron chi connectivity index (χ4n) is 3.44. The van der Waals surface area contributed by atoms with Crippen LogP contribution >= 0.6 is 0 Å². The number of methoxy groups -OCH3 is 1. The predicted octanol–water partition coefficient (Wildman–Crippen LogP) is 3.24. The summed E-state index contributed by atoms with van der Waals surface area (Å²) >= 11 is 0. The molecular weight excluding hydrogens is 423 g/mol. The fraction of sp³-hybridized carbons (Fsp3) is 0.227. The van der Waals surface area contributed by atoms with Crippen molar-refractivity contribution >= 4 is 15.9 Å². The molecule has 7 nitrogen and oxygen atoms in total. The van der Waals surface area contributed by atoms with Gasteiger partial charge in [-0.25, -0.2) is 12.8 Å². The number of hydrogen-bond acceptors (Lipinski definition) is 5. The lowest BCUT2D eigenvalue weighted by Crippen LogP contribution is -2.50. The molecule has 1 aromatic heterocycles. The lowest BCUT2D eigenvalue weighted by atomic mass is 10.1. The lowest BCUT2D eigenvalue weighted by Gasteiger charge is -2.33. The van der Waals surface area contributed by atoms with Crippen molar-refractivity contribution in [2.45, 2.75) is 4.90 Å². The number of furan rings is 1. The Hall–Kier alpha value is -3.17. The van der Waals surface area contributed by atoms with Crippen molar-refractivity contribution in [2.24, 2.45) is 0 Å². The Labute approximate surface area is 179 Å². The summed E-state index contributed by atoms with van der Waals surface area (Å²) in [5, 5.41) is 0. The molecule has 0 saturated carbocycles. The van der Waals surface area contributed by atoms with Gasteiger partial charge in [-0.3, -0.25) is 4.79 Å². The zero-order chi connectivity index (χ0) is 22.0. The molecule has 0 aliphatic carbocycles. The fourth-order valence-corrected chi connectivity index (χ4v) is 4.86. The highest BCUT2D eigenvalue weighted by atomic mass is 32.2. The van der Waals surface area contributed by atoms with Gasteiger partial charge in [-0.2, -0.15) is 4.31 Å². The summed E-state index contributed by atoms with van der Waals surface area (Å²) < 4.78 is 51.7. The average molecular weight is 444 g/mol. The molecule has 1 aliphatic heterocycles. The lowest BCUT2D eigenvalue weighted by molar-refractivity contribution is 0.0667. The molecule has 9 heteroatoms. The van der Waals surface area contributed by atoms with Crippen LogP contribution in [0.4, 0.5) is 4.39 Å². The van der Waals surface area contributed by atoms with Gasteiger partial charge in [0.15, 0.2) is 5.76 Å². The van der Waals surface area contributed by atoms with Crippen LogP contribution in [0.25, 0.3) is 11.3 Å². The van der Waals surface area contributed by atoms with E-state index in [4.69, 9.17) is 9.15 Å². The molecule has 0 bridgehead atoms. The number of sulfonamides is 1. The summed E-state index contributed by atoms with van der Waals surface area (Å²) in [7, 11) is -2.15. The Morgan fingerprint density at radius 2 is 1.65 bits per heavy atom. The van der Waals surface area contributed by atoms with Gasteiger partial charge < -0.3 is 14.1 Å². The van der Waals surface area contributed by atoms with Crippen molar-refractivity contribution in [3.05, 3.63) is 72.2 Å². The van der Waals surface area contributed by atoms with Gasteiger partial charge in [0.25, 0.3) is 5.91 Å². The summed E-state index contributed by atoms with van der Waals surface area (Å²) in [6.07, 6.45) is 0. The van der Waals surface area contributed by atoms with Crippen LogP contribution in [0.1, 0.15) is 10.6 Å². The minimum atomic E-state index is -3.66. The molecule has 0 unspecified atom stereocenters. The van der Waals surface area contributed by atoms with E-state index in [9.17, 15) is 17.6 Å². The van der Waals surface area contributed by atoms with E-state index < -0.39 is 15.8 Å². The van der Waals surface area contributed by atoms with Crippen LogP contribution in [0.2, 0.25) is 0 Å². The molecule has 31 heavy (non-hydrogen) atoms. The summed E-state index contributed by atoms with van der Waals surface area (Å²) in [4.78, 5) is 14.5. The van der Waals surface area contributed by atoms with Crippen LogP contribution in [0.3, 0.4) is 0 Å². The van der Waals surface area contributed by atoms with Crippen LogP contribution in [0.5, 0.6) is 5.75 Å². The van der Waals surface area contributed by atoms with Crippen LogP contribution in [-0.2, 0) is 10.0 Å². The van der Waals surface area contributed by atoms with Crippen molar-refractivity contribution in [1.29, 1.82) is 0 Å². The number of amides is 1. The quantitative estimate of drug-likeness (QED) is 0.604. The second kappa shape index (κ2) is 8.52. The topological polar surface area (TPSA) is 80.1 Å². The molecule has 1 saturated heterocycles. The largest absolute Gasteiger partial charge is 0.497 e. The van der Waals surface area contributed by atoms with Crippen LogP contribution in [0.15, 0.2) is 70.0 Å². The average Bonchev–Trinajstić information content (AvgIpc) is 3.29. The first kappa shape index (κ1) is 21.1. The number of halogens is 1. The first-order chi connectivity index (χ1) is 14.9. The molecule has 2 aromatic carbocycles. The van der Waals surface area contributed by atoms with Crippen LogP contribution in [0, 0.1) is 5.82 Å². The number of hydrogen-bond donors (Lipinski definition) is 0. The minimum Gasteiger partial charge on any atom is -0.497 e. The molecule has 0 N–H and O–H groups in total. The highest BCUT2D eigenvalue weighted by molar-refractivity contribution is 7.89. The Bertz CT molecular complexity index is 1180. The van der Waals surface area contributed by atoms with Gasteiger partial charge in [0, 0.05) is 26.2 Å². The van der Waals surface area contributed by atoms with Gasteiger partial charge in [0.1, 0.15) is 17.3 Å². The molecule has 4 rings (SSSR count). The van der Waals surface area contributed by atoms with E-state index >= 15 is 0 Å². The minimum absolute atomic E-state index is 0.0877. The number of nitrogens with zero attached hydrogens (tertiary/aromatic N) is 2. The van der Waals surface area contributed by atoms with Crippen LogP contribution in [-0.4, -0.2) is 56.8 Å². The third-order valence-corrected chi connectivity index (χ3v) is 7.09. The third-order valence-electron chi connectivity index (χ3n) is 5.18. The Morgan fingerprint density at radius 1 is 0.968 bits per heavy atom. The van der Waals surface area contributed by atoms with Gasteiger partial charge in [0.2, 0.25) is 10.0 Å². The molecule has 162 valence electrons. The molecule has 1 fully saturated rings. The number of benzene rings is 2. The van der Waals surface area contributed by atoms with E-state index in [1.165, 1.54) is 40.6 Å². The second-order valence-corrected chi connectivity index (χ2v) is 8.95. The summed E-state index contributed by atoms with van der Waals surface area (Å²) in [6.45, 7) is 0.788. The number of carbonyl (C=O) groups excluding carboxylic acids is 1. The number of carbonyl (C=O) groups is 1. The Balaban J connectivity index is 1.43. The summed E-state index contributed by atoms with van der Waals surface area (Å²) in [5.74, 6) is 0.131. The van der Waals surface area contributed by atoms with Gasteiger partial charge in [-0.1, -0.05) is 12.1 Å². The highest BCUT2D eigenvalue weighted by Crippen LogP contribution is 2.26. The molecule has 1 aliphatic rings. The molecule has 0 atom stereocenters. The molecular formula is C22H21FN2O5S. The van der Waals surface area contributed by atoms with E-state index in [1.54, 1.807) is 36.4 Å². The smallest absolute Gasteiger partial charge is 0.289 e. The van der Waals surface area contributed by atoms with Gasteiger partial charge in [0.05, 0.1) is 17.6 Å². The zero-order valence-corrected chi connectivity index (χ0v) is 17.6. The van der Waals surface area contributed by atoms with Crippen LogP contribution < -0.4 is 4.74 Å². The maximum absolute atomic E-state index is 14.0. The monoisotopic (exact) mass is 444 g/mol. The Kier molecular flexibility index (Phi) is 5.79. The summed E-state index contributed by atoms with van der Waals surface area (Å²) in [5.41, 5.74) is 0.275. The zero-order valence-electron chi connectivity index (χ0n) is 16.8. The van der Waals surface area contributed by atoms with Crippen molar-refractivity contribution in [1.82, 2.24) is 9.21 Å². The summed E-state index contributed by atoms with van der Waals surface area (Å²) in [6, 6.07) is 15.4. The van der Waals surface area contributed by atoms with E-state index in [2.05, 4.69) is 0 Å². The SMILES string of the molecule is COc1ccc(S(=O)(=O)N2CCN(C(=O)c3ccc(-c4ccccc4F)o3)CC2)cc1.